The maximum Gasteiger partial charge on any atom is 0.135 e. The minimum atomic E-state index is -0.320. The fraction of sp³-hybridized carbons (Fsp3) is 0.533. The Morgan fingerprint density at radius 3 is 2.58 bits per heavy atom. The van der Waals surface area contributed by atoms with Gasteiger partial charge in [0, 0.05) is 23.8 Å². The summed E-state index contributed by atoms with van der Waals surface area (Å²) in [6.07, 6.45) is 6.27. The van der Waals surface area contributed by atoms with Crippen LogP contribution in [0.15, 0.2) is 18.2 Å². The van der Waals surface area contributed by atoms with Crippen molar-refractivity contribution in [1.82, 2.24) is 0 Å². The van der Waals surface area contributed by atoms with Gasteiger partial charge in [-0.15, -0.1) is 0 Å². The molecule has 1 aliphatic rings. The van der Waals surface area contributed by atoms with Crippen molar-refractivity contribution in [3.05, 3.63) is 29.6 Å². The van der Waals surface area contributed by atoms with Gasteiger partial charge < -0.3 is 10.6 Å². The molecule has 104 valence electrons. The van der Waals surface area contributed by atoms with E-state index in [-0.39, 0.29) is 10.8 Å². The molecule has 1 aromatic rings. The number of thiocarbonyl (C=S) groups is 1. The summed E-state index contributed by atoms with van der Waals surface area (Å²) in [7, 11) is 0. The van der Waals surface area contributed by atoms with E-state index in [4.69, 9.17) is 18.0 Å². The molecule has 1 aliphatic carbocycles. The molecule has 1 saturated carbocycles. The maximum absolute atomic E-state index is 14.0. The first kappa shape index (κ1) is 14.3. The molecule has 0 radical (unpaired) electrons. The van der Waals surface area contributed by atoms with E-state index in [1.54, 1.807) is 12.1 Å². The van der Waals surface area contributed by atoms with Crippen LogP contribution in [0.5, 0.6) is 0 Å². The van der Waals surface area contributed by atoms with Gasteiger partial charge in [0.2, 0.25) is 0 Å². The Balaban J connectivity index is 2.23. The number of rotatable bonds is 4. The molecule has 2 N–H and O–H groups in total. The highest BCUT2D eigenvalue weighted by Crippen LogP contribution is 2.28. The van der Waals surface area contributed by atoms with E-state index in [0.717, 1.165) is 12.2 Å². The minimum absolute atomic E-state index is 0.116. The van der Waals surface area contributed by atoms with Crippen molar-refractivity contribution >= 4 is 22.9 Å². The number of halogens is 1. The first-order valence-corrected chi connectivity index (χ1v) is 7.40. The summed E-state index contributed by atoms with van der Waals surface area (Å²) < 4.78 is 14.0. The molecule has 0 saturated heterocycles. The molecular formula is C15H21FN2S. The smallest absolute Gasteiger partial charge is 0.135 e. The van der Waals surface area contributed by atoms with Gasteiger partial charge in [-0.05, 0) is 38.0 Å². The standard InChI is InChI=1S/C15H21FN2S/c1-2-18(11-6-4-3-5-7-11)12-8-9-13(15(17)19)14(16)10-12/h8-11H,2-7H2,1H3,(H2,17,19). The normalized spacial score (nSPS) is 16.3. The largest absolute Gasteiger partial charge is 0.389 e. The molecule has 2 rings (SSSR count). The molecule has 19 heavy (non-hydrogen) atoms. The Hall–Kier alpha value is -1.16. The second-order valence-corrected chi connectivity index (χ2v) is 5.55. The lowest BCUT2D eigenvalue weighted by atomic mass is 9.93. The van der Waals surface area contributed by atoms with Gasteiger partial charge in [0.1, 0.15) is 10.8 Å². The molecule has 0 heterocycles. The Morgan fingerprint density at radius 1 is 1.37 bits per heavy atom. The number of nitrogens with zero attached hydrogens (tertiary/aromatic N) is 1. The van der Waals surface area contributed by atoms with Gasteiger partial charge in [0.15, 0.2) is 0 Å². The minimum Gasteiger partial charge on any atom is -0.389 e. The summed E-state index contributed by atoms with van der Waals surface area (Å²) >= 11 is 4.84. The van der Waals surface area contributed by atoms with Crippen LogP contribution in [0.1, 0.15) is 44.6 Å². The van der Waals surface area contributed by atoms with Crippen LogP contribution in [-0.4, -0.2) is 17.6 Å². The van der Waals surface area contributed by atoms with Crippen LogP contribution in [0.3, 0.4) is 0 Å². The zero-order valence-electron chi connectivity index (χ0n) is 11.4. The van der Waals surface area contributed by atoms with Crippen molar-refractivity contribution < 1.29 is 4.39 Å². The second kappa shape index (κ2) is 6.33. The third kappa shape index (κ3) is 3.24. The number of benzene rings is 1. The van der Waals surface area contributed by atoms with Gasteiger partial charge in [-0.1, -0.05) is 31.5 Å². The molecule has 0 bridgehead atoms. The second-order valence-electron chi connectivity index (χ2n) is 5.11. The molecule has 0 spiro atoms. The first-order valence-electron chi connectivity index (χ1n) is 6.99. The van der Waals surface area contributed by atoms with E-state index in [2.05, 4.69) is 11.8 Å². The van der Waals surface area contributed by atoms with Crippen molar-refractivity contribution in [3.63, 3.8) is 0 Å². The van der Waals surface area contributed by atoms with Crippen molar-refractivity contribution in [3.8, 4) is 0 Å². The molecule has 1 aromatic carbocycles. The van der Waals surface area contributed by atoms with Crippen LogP contribution < -0.4 is 10.6 Å². The topological polar surface area (TPSA) is 29.3 Å². The van der Waals surface area contributed by atoms with Crippen LogP contribution in [0.25, 0.3) is 0 Å². The van der Waals surface area contributed by atoms with Crippen LogP contribution in [-0.2, 0) is 0 Å². The summed E-state index contributed by atoms with van der Waals surface area (Å²) in [5.74, 6) is -0.320. The van der Waals surface area contributed by atoms with Gasteiger partial charge in [-0.2, -0.15) is 0 Å². The lowest BCUT2D eigenvalue weighted by Crippen LogP contribution is -2.36. The fourth-order valence-corrected chi connectivity index (χ4v) is 3.09. The number of hydrogen-bond donors (Lipinski definition) is 1. The Kier molecular flexibility index (Phi) is 4.75. The summed E-state index contributed by atoms with van der Waals surface area (Å²) in [6, 6.07) is 5.72. The van der Waals surface area contributed by atoms with Gasteiger partial charge in [0.25, 0.3) is 0 Å². The SMILES string of the molecule is CCN(c1ccc(C(N)=S)c(F)c1)C1CCCCC1. The van der Waals surface area contributed by atoms with Gasteiger partial charge in [-0.25, -0.2) is 4.39 Å². The van der Waals surface area contributed by atoms with E-state index in [0.29, 0.717) is 11.6 Å². The molecule has 0 unspecified atom stereocenters. The Labute approximate surface area is 119 Å². The third-order valence-electron chi connectivity index (χ3n) is 3.91. The molecule has 0 aliphatic heterocycles. The van der Waals surface area contributed by atoms with Crippen LogP contribution in [0.2, 0.25) is 0 Å². The Bertz CT molecular complexity index is 455. The highest BCUT2D eigenvalue weighted by Gasteiger charge is 2.21. The molecule has 2 nitrogen and oxygen atoms in total. The van der Waals surface area contributed by atoms with Crippen molar-refractivity contribution in [2.75, 3.05) is 11.4 Å². The maximum atomic E-state index is 14.0. The number of hydrogen-bond acceptors (Lipinski definition) is 2. The van der Waals surface area contributed by atoms with Crippen molar-refractivity contribution in [1.29, 1.82) is 0 Å². The summed E-state index contributed by atoms with van der Waals surface area (Å²) in [4.78, 5) is 2.41. The van der Waals surface area contributed by atoms with E-state index in [9.17, 15) is 4.39 Å². The van der Waals surface area contributed by atoms with Crippen LogP contribution in [0.4, 0.5) is 10.1 Å². The van der Waals surface area contributed by atoms with E-state index in [1.807, 2.05) is 6.07 Å². The zero-order valence-corrected chi connectivity index (χ0v) is 12.2. The zero-order chi connectivity index (χ0) is 13.8. The van der Waals surface area contributed by atoms with Crippen molar-refractivity contribution in [2.24, 2.45) is 5.73 Å². The van der Waals surface area contributed by atoms with Crippen LogP contribution >= 0.6 is 12.2 Å². The number of anilines is 1. The molecular weight excluding hydrogens is 259 g/mol. The van der Waals surface area contributed by atoms with E-state index >= 15 is 0 Å². The summed E-state index contributed by atoms with van der Waals surface area (Å²) in [6.45, 7) is 3.02. The first-order chi connectivity index (χ1) is 9.13. The molecule has 1 fully saturated rings. The number of nitrogens with two attached hydrogens (primary N) is 1. The highest BCUT2D eigenvalue weighted by molar-refractivity contribution is 7.80. The molecule has 4 heteroatoms. The van der Waals surface area contributed by atoms with Gasteiger partial charge >= 0.3 is 0 Å². The van der Waals surface area contributed by atoms with E-state index < -0.39 is 0 Å². The monoisotopic (exact) mass is 280 g/mol. The highest BCUT2D eigenvalue weighted by atomic mass is 32.1. The molecule has 0 aromatic heterocycles. The Morgan fingerprint density at radius 2 is 2.05 bits per heavy atom. The van der Waals surface area contributed by atoms with E-state index in [1.165, 1.54) is 32.1 Å². The van der Waals surface area contributed by atoms with Crippen molar-refractivity contribution in [2.45, 2.75) is 45.1 Å². The predicted octanol–water partition coefficient (Wildman–Crippen LogP) is 3.62. The average Bonchev–Trinajstić information content (AvgIpc) is 2.40. The lowest BCUT2D eigenvalue weighted by Gasteiger charge is -2.35. The summed E-state index contributed by atoms with van der Waals surface area (Å²) in [5, 5.41) is 0. The van der Waals surface area contributed by atoms with Crippen LogP contribution in [0, 0.1) is 5.82 Å². The fourth-order valence-electron chi connectivity index (χ4n) is 2.93. The predicted molar refractivity (Wildman–Crippen MR) is 82.2 cm³/mol. The van der Waals surface area contributed by atoms with Gasteiger partial charge in [-0.3, -0.25) is 0 Å². The summed E-state index contributed by atoms with van der Waals surface area (Å²) in [5.41, 5.74) is 6.76. The molecule has 0 atom stereocenters. The lowest BCUT2D eigenvalue weighted by molar-refractivity contribution is 0.418. The quantitative estimate of drug-likeness (QED) is 0.854. The molecule has 0 amide bonds. The average molecular weight is 280 g/mol. The van der Waals surface area contributed by atoms with Gasteiger partial charge in [0.05, 0.1) is 0 Å². The third-order valence-corrected chi connectivity index (χ3v) is 4.13.